The highest BCUT2D eigenvalue weighted by Gasteiger charge is 2.23. The van der Waals surface area contributed by atoms with Gasteiger partial charge in [-0.2, -0.15) is 9.97 Å². The summed E-state index contributed by atoms with van der Waals surface area (Å²) in [5.74, 6) is 3.30. The summed E-state index contributed by atoms with van der Waals surface area (Å²) < 4.78 is 32.4. The fraction of sp³-hybridized carbons (Fsp3) is 0.321. The minimum atomic E-state index is -0.568. The number of anilines is 1. The van der Waals surface area contributed by atoms with Gasteiger partial charge in [0.2, 0.25) is 0 Å². The number of methoxy groups -OCH3 is 2. The van der Waals surface area contributed by atoms with Gasteiger partial charge in [-0.1, -0.05) is 30.9 Å². The van der Waals surface area contributed by atoms with Crippen LogP contribution in [-0.4, -0.2) is 49.1 Å². The Bertz CT molecular complexity index is 1460. The van der Waals surface area contributed by atoms with Crippen molar-refractivity contribution in [3.8, 4) is 35.4 Å². The van der Waals surface area contributed by atoms with Gasteiger partial charge in [0, 0.05) is 42.9 Å². The first-order valence-electron chi connectivity index (χ1n) is 11.9. The number of pyridine rings is 1. The summed E-state index contributed by atoms with van der Waals surface area (Å²) in [4.78, 5) is 15.7. The number of aromatic nitrogens is 3. The van der Waals surface area contributed by atoms with E-state index in [1.165, 1.54) is 27.1 Å². The van der Waals surface area contributed by atoms with E-state index in [0.717, 1.165) is 31.3 Å². The number of halogens is 1. The molecule has 0 radical (unpaired) electrons. The Kier molecular flexibility index (Phi) is 6.83. The SMILES string of the molecule is C#Cc1cccc2cc(OCOC)cc(-c3ncc4c(N5CCCCCC5)nc(OC)nc4c3F)c12. The van der Waals surface area contributed by atoms with Crippen molar-refractivity contribution in [1.82, 2.24) is 15.0 Å². The standard InChI is InChI=1S/C28H27FN4O3/c1-4-18-10-9-11-19-14-20(36-17-34-2)15-21(23(18)19)25-24(29)26-22(16-30-25)27(32-28(31-26)35-3)33-12-7-5-6-8-13-33/h1,9-11,14-16H,5-8,12-13,17H2,2-3H3. The van der Waals surface area contributed by atoms with Crippen molar-refractivity contribution < 1.29 is 18.6 Å². The van der Waals surface area contributed by atoms with Crippen LogP contribution in [0.1, 0.15) is 31.2 Å². The van der Waals surface area contributed by atoms with Crippen LogP contribution in [0.5, 0.6) is 11.8 Å². The van der Waals surface area contributed by atoms with Crippen molar-refractivity contribution in [2.45, 2.75) is 25.7 Å². The molecule has 0 spiro atoms. The fourth-order valence-electron chi connectivity index (χ4n) is 4.74. The minimum Gasteiger partial charge on any atom is -0.468 e. The van der Waals surface area contributed by atoms with E-state index in [9.17, 15) is 0 Å². The van der Waals surface area contributed by atoms with Gasteiger partial charge in [-0.15, -0.1) is 6.42 Å². The van der Waals surface area contributed by atoms with Crippen LogP contribution in [0.15, 0.2) is 36.5 Å². The number of nitrogens with zero attached hydrogens (tertiary/aromatic N) is 4. The van der Waals surface area contributed by atoms with Crippen molar-refractivity contribution in [2.75, 3.05) is 39.0 Å². The number of hydrogen-bond donors (Lipinski definition) is 0. The van der Waals surface area contributed by atoms with Crippen molar-refractivity contribution in [3.63, 3.8) is 0 Å². The highest BCUT2D eigenvalue weighted by Crippen LogP contribution is 2.38. The molecule has 1 fully saturated rings. The molecule has 0 unspecified atom stereocenters. The van der Waals surface area contributed by atoms with E-state index in [1.54, 1.807) is 12.3 Å². The van der Waals surface area contributed by atoms with E-state index in [4.69, 9.17) is 20.6 Å². The lowest BCUT2D eigenvalue weighted by atomic mass is 9.96. The first-order valence-corrected chi connectivity index (χ1v) is 11.9. The van der Waals surface area contributed by atoms with Crippen LogP contribution < -0.4 is 14.4 Å². The summed E-state index contributed by atoms with van der Waals surface area (Å²) in [5.41, 5.74) is 1.43. The number of rotatable bonds is 6. The summed E-state index contributed by atoms with van der Waals surface area (Å²) in [7, 11) is 3.02. The summed E-state index contributed by atoms with van der Waals surface area (Å²) >= 11 is 0. The molecule has 2 aromatic heterocycles. The Labute approximate surface area is 209 Å². The van der Waals surface area contributed by atoms with E-state index in [2.05, 4.69) is 25.8 Å². The zero-order chi connectivity index (χ0) is 25.1. The Balaban J connectivity index is 1.75. The number of benzene rings is 2. The van der Waals surface area contributed by atoms with Gasteiger partial charge in [-0.05, 0) is 36.4 Å². The number of fused-ring (bicyclic) bond motifs is 2. The van der Waals surface area contributed by atoms with E-state index in [1.807, 2.05) is 24.3 Å². The second kappa shape index (κ2) is 10.3. The molecule has 0 N–H and O–H groups in total. The van der Waals surface area contributed by atoms with Crippen molar-refractivity contribution in [1.29, 1.82) is 0 Å². The summed E-state index contributed by atoms with van der Waals surface area (Å²) in [6.07, 6.45) is 11.9. The highest BCUT2D eigenvalue weighted by molar-refractivity contribution is 6.02. The Morgan fingerprint density at radius 2 is 1.89 bits per heavy atom. The summed E-state index contributed by atoms with van der Waals surface area (Å²) in [5, 5.41) is 2.07. The molecule has 1 aliphatic rings. The number of ether oxygens (including phenoxy) is 3. The molecule has 5 rings (SSSR count). The summed E-state index contributed by atoms with van der Waals surface area (Å²) in [6.45, 7) is 1.73. The molecule has 7 nitrogen and oxygen atoms in total. The molecule has 0 bridgehead atoms. The average molecular weight is 487 g/mol. The molecule has 0 atom stereocenters. The molecule has 3 heterocycles. The minimum absolute atomic E-state index is 0.0526. The molecule has 0 saturated carbocycles. The van der Waals surface area contributed by atoms with Crippen LogP contribution in [0, 0.1) is 18.2 Å². The van der Waals surface area contributed by atoms with Crippen LogP contribution in [0.2, 0.25) is 0 Å². The van der Waals surface area contributed by atoms with Crippen LogP contribution in [0.25, 0.3) is 32.9 Å². The average Bonchev–Trinajstić information content (AvgIpc) is 3.20. The highest BCUT2D eigenvalue weighted by atomic mass is 19.1. The van der Waals surface area contributed by atoms with Gasteiger partial charge in [-0.25, -0.2) is 4.39 Å². The van der Waals surface area contributed by atoms with Crippen LogP contribution in [0.4, 0.5) is 10.2 Å². The largest absolute Gasteiger partial charge is 0.468 e. The second-order valence-corrected chi connectivity index (χ2v) is 8.69. The maximum atomic E-state index is 16.3. The Morgan fingerprint density at radius 3 is 2.61 bits per heavy atom. The van der Waals surface area contributed by atoms with Gasteiger partial charge in [0.25, 0.3) is 0 Å². The third-order valence-electron chi connectivity index (χ3n) is 6.44. The molecule has 1 saturated heterocycles. The third kappa shape index (κ3) is 4.38. The van der Waals surface area contributed by atoms with E-state index >= 15 is 4.39 Å². The topological polar surface area (TPSA) is 69.6 Å². The molecular formula is C28H27FN4O3. The van der Waals surface area contributed by atoms with Crippen molar-refractivity contribution in [3.05, 3.63) is 47.9 Å². The molecule has 2 aromatic carbocycles. The molecule has 4 aromatic rings. The molecule has 36 heavy (non-hydrogen) atoms. The van der Waals surface area contributed by atoms with E-state index in [0.29, 0.717) is 33.5 Å². The van der Waals surface area contributed by atoms with Crippen molar-refractivity contribution in [2.24, 2.45) is 0 Å². The third-order valence-corrected chi connectivity index (χ3v) is 6.44. The van der Waals surface area contributed by atoms with Crippen LogP contribution in [-0.2, 0) is 4.74 Å². The molecule has 184 valence electrons. The van der Waals surface area contributed by atoms with Crippen molar-refractivity contribution >= 4 is 27.5 Å². The smallest absolute Gasteiger partial charge is 0.318 e. The lowest BCUT2D eigenvalue weighted by Crippen LogP contribution is -2.25. The Morgan fingerprint density at radius 1 is 1.08 bits per heavy atom. The zero-order valence-electron chi connectivity index (χ0n) is 20.4. The van der Waals surface area contributed by atoms with Gasteiger partial charge in [0.1, 0.15) is 22.8 Å². The van der Waals surface area contributed by atoms with Crippen LogP contribution in [0.3, 0.4) is 0 Å². The first-order chi connectivity index (χ1) is 17.6. The number of terminal acetylenes is 1. The number of hydrogen-bond acceptors (Lipinski definition) is 7. The lowest BCUT2D eigenvalue weighted by Gasteiger charge is -2.23. The molecule has 8 heteroatoms. The Hall–Kier alpha value is -3.96. The molecule has 0 aliphatic carbocycles. The maximum absolute atomic E-state index is 16.3. The monoisotopic (exact) mass is 486 g/mol. The second-order valence-electron chi connectivity index (χ2n) is 8.69. The summed E-state index contributed by atoms with van der Waals surface area (Å²) in [6, 6.07) is 9.28. The molecular weight excluding hydrogens is 459 g/mol. The maximum Gasteiger partial charge on any atom is 0.318 e. The van der Waals surface area contributed by atoms with Gasteiger partial charge >= 0.3 is 6.01 Å². The van der Waals surface area contributed by atoms with E-state index < -0.39 is 5.82 Å². The normalized spacial score (nSPS) is 14.0. The predicted octanol–water partition coefficient (Wildman–Crippen LogP) is 5.34. The fourth-order valence-corrected chi connectivity index (χ4v) is 4.74. The molecule has 0 amide bonds. The first kappa shape index (κ1) is 23.8. The van der Waals surface area contributed by atoms with E-state index in [-0.39, 0.29) is 24.0 Å². The van der Waals surface area contributed by atoms with Gasteiger partial charge in [0.15, 0.2) is 12.6 Å². The zero-order valence-corrected chi connectivity index (χ0v) is 20.4. The van der Waals surface area contributed by atoms with Crippen LogP contribution >= 0.6 is 0 Å². The molecule has 1 aliphatic heterocycles. The quantitative estimate of drug-likeness (QED) is 0.269. The lowest BCUT2D eigenvalue weighted by molar-refractivity contribution is 0.0512. The van der Waals surface area contributed by atoms with Gasteiger partial charge < -0.3 is 19.1 Å². The van der Waals surface area contributed by atoms with Gasteiger partial charge in [0.05, 0.1) is 12.5 Å². The predicted molar refractivity (Wildman–Crippen MR) is 138 cm³/mol. The van der Waals surface area contributed by atoms with Gasteiger partial charge in [-0.3, -0.25) is 4.98 Å².